The van der Waals surface area contributed by atoms with Gasteiger partial charge in [0, 0.05) is 17.1 Å². The molecule has 0 radical (unpaired) electrons. The molecule has 4 aromatic rings. The van der Waals surface area contributed by atoms with E-state index in [-0.39, 0.29) is 11.9 Å². The van der Waals surface area contributed by atoms with Crippen molar-refractivity contribution in [1.29, 1.82) is 0 Å². The van der Waals surface area contributed by atoms with Crippen molar-refractivity contribution in [3.63, 3.8) is 0 Å². The molecule has 3 aromatic carbocycles. The fourth-order valence-electron chi connectivity index (χ4n) is 3.49. The number of halogens is 1. The van der Waals surface area contributed by atoms with Gasteiger partial charge < -0.3 is 9.88 Å². The van der Waals surface area contributed by atoms with Crippen LogP contribution < -0.4 is 5.32 Å². The summed E-state index contributed by atoms with van der Waals surface area (Å²) in [7, 11) is 0. The number of carbonyl (C=O) groups is 1. The molecule has 0 fully saturated rings. The molecule has 4 rings (SSSR count). The van der Waals surface area contributed by atoms with Gasteiger partial charge in [0.05, 0.1) is 17.1 Å². The summed E-state index contributed by atoms with van der Waals surface area (Å²) in [5, 5.41) is 3.80. The van der Waals surface area contributed by atoms with Gasteiger partial charge in [-0.25, -0.2) is 4.98 Å². The van der Waals surface area contributed by atoms with E-state index in [0.29, 0.717) is 17.1 Å². The summed E-state index contributed by atoms with van der Waals surface area (Å²) >= 11 is 6.03. The molecule has 1 amide bonds. The molecular formula is C24H22ClN3O. The lowest BCUT2D eigenvalue weighted by atomic mass is 10.1. The van der Waals surface area contributed by atoms with E-state index in [4.69, 9.17) is 16.6 Å². The van der Waals surface area contributed by atoms with Crippen LogP contribution >= 0.6 is 11.6 Å². The second-order valence-electron chi connectivity index (χ2n) is 7.24. The molecular weight excluding hydrogens is 382 g/mol. The second kappa shape index (κ2) is 8.10. The van der Waals surface area contributed by atoms with Crippen LogP contribution in [0, 0.1) is 6.92 Å². The number of imidazole rings is 1. The van der Waals surface area contributed by atoms with Crippen molar-refractivity contribution in [2.75, 3.05) is 0 Å². The van der Waals surface area contributed by atoms with Gasteiger partial charge in [-0.05, 0) is 55.8 Å². The molecule has 1 aromatic heterocycles. The first kappa shape index (κ1) is 19.2. The highest BCUT2D eigenvalue weighted by atomic mass is 35.5. The molecule has 1 heterocycles. The van der Waals surface area contributed by atoms with E-state index in [0.717, 1.165) is 28.0 Å². The van der Waals surface area contributed by atoms with Gasteiger partial charge >= 0.3 is 0 Å². The van der Waals surface area contributed by atoms with Crippen molar-refractivity contribution < 1.29 is 4.79 Å². The maximum atomic E-state index is 12.7. The summed E-state index contributed by atoms with van der Waals surface area (Å²) in [6.07, 6.45) is 0. The average molecular weight is 404 g/mol. The van der Waals surface area contributed by atoms with Crippen molar-refractivity contribution in [2.45, 2.75) is 26.4 Å². The lowest BCUT2D eigenvalue weighted by molar-refractivity contribution is 0.0937. The number of aromatic nitrogens is 2. The van der Waals surface area contributed by atoms with Crippen molar-refractivity contribution in [3.8, 4) is 0 Å². The summed E-state index contributed by atoms with van der Waals surface area (Å²) in [6, 6.07) is 23.2. The number of benzene rings is 3. The Morgan fingerprint density at radius 1 is 1.07 bits per heavy atom. The number of amides is 1. The Bertz CT molecular complexity index is 1160. The molecule has 0 unspecified atom stereocenters. The molecule has 0 saturated carbocycles. The molecule has 1 N–H and O–H groups in total. The summed E-state index contributed by atoms with van der Waals surface area (Å²) in [5.41, 5.74) is 4.77. The fraction of sp³-hybridized carbons (Fsp3) is 0.167. The van der Waals surface area contributed by atoms with E-state index in [1.807, 2.05) is 80.6 Å². The first-order valence-corrected chi connectivity index (χ1v) is 9.96. The van der Waals surface area contributed by atoms with Gasteiger partial charge in [-0.2, -0.15) is 0 Å². The molecule has 0 bridgehead atoms. The minimum absolute atomic E-state index is 0.105. The van der Waals surface area contributed by atoms with Crippen LogP contribution in [0.4, 0.5) is 0 Å². The van der Waals surface area contributed by atoms with E-state index in [9.17, 15) is 4.79 Å². The third kappa shape index (κ3) is 4.17. The Morgan fingerprint density at radius 3 is 2.59 bits per heavy atom. The standard InChI is InChI=1S/C24H22ClN3O/c1-16-6-5-7-19(14-16)24(29)26-17(2)23-27-21-8-3-4-9-22(21)28(23)15-18-10-12-20(25)13-11-18/h3-14,17H,15H2,1-2H3,(H,26,29)/t17-/m0/s1. The minimum Gasteiger partial charge on any atom is -0.342 e. The molecule has 0 aliphatic carbocycles. The lowest BCUT2D eigenvalue weighted by Crippen LogP contribution is -2.28. The van der Waals surface area contributed by atoms with Crippen LogP contribution in [0.15, 0.2) is 72.8 Å². The van der Waals surface area contributed by atoms with Gasteiger partial charge in [0.1, 0.15) is 5.82 Å². The smallest absolute Gasteiger partial charge is 0.251 e. The first-order chi connectivity index (χ1) is 14.0. The molecule has 29 heavy (non-hydrogen) atoms. The Morgan fingerprint density at radius 2 is 1.83 bits per heavy atom. The summed E-state index contributed by atoms with van der Waals surface area (Å²) in [4.78, 5) is 17.6. The van der Waals surface area contributed by atoms with Crippen LogP contribution in [-0.4, -0.2) is 15.5 Å². The second-order valence-corrected chi connectivity index (χ2v) is 7.67. The highest BCUT2D eigenvalue weighted by molar-refractivity contribution is 6.30. The van der Waals surface area contributed by atoms with Gasteiger partial charge in [-0.3, -0.25) is 4.79 Å². The SMILES string of the molecule is Cc1cccc(C(=O)N[C@@H](C)c2nc3ccccc3n2Cc2ccc(Cl)cc2)c1. The predicted molar refractivity (Wildman–Crippen MR) is 117 cm³/mol. The molecule has 0 saturated heterocycles. The number of hydrogen-bond donors (Lipinski definition) is 1. The molecule has 0 aliphatic heterocycles. The molecule has 0 aliphatic rings. The van der Waals surface area contributed by atoms with Crippen molar-refractivity contribution in [3.05, 3.63) is 100 Å². The molecule has 0 spiro atoms. The maximum absolute atomic E-state index is 12.7. The topological polar surface area (TPSA) is 46.9 Å². The van der Waals surface area contributed by atoms with Gasteiger partial charge in [0.2, 0.25) is 0 Å². The van der Waals surface area contributed by atoms with Crippen LogP contribution in [-0.2, 0) is 6.54 Å². The van der Waals surface area contributed by atoms with E-state index in [2.05, 4.69) is 16.0 Å². The molecule has 4 nitrogen and oxygen atoms in total. The number of fused-ring (bicyclic) bond motifs is 1. The zero-order valence-electron chi connectivity index (χ0n) is 16.4. The first-order valence-electron chi connectivity index (χ1n) is 9.58. The number of nitrogens with zero attached hydrogens (tertiary/aromatic N) is 2. The summed E-state index contributed by atoms with van der Waals surface area (Å²) in [5.74, 6) is 0.716. The highest BCUT2D eigenvalue weighted by Gasteiger charge is 2.19. The minimum atomic E-state index is -0.247. The van der Waals surface area contributed by atoms with Crippen molar-refractivity contribution in [2.24, 2.45) is 0 Å². The van der Waals surface area contributed by atoms with Crippen LogP contribution in [0.2, 0.25) is 5.02 Å². The van der Waals surface area contributed by atoms with E-state index in [1.54, 1.807) is 0 Å². The number of carbonyl (C=O) groups excluding carboxylic acids is 1. The van der Waals surface area contributed by atoms with E-state index in [1.165, 1.54) is 0 Å². The third-order valence-electron chi connectivity index (χ3n) is 4.95. The van der Waals surface area contributed by atoms with Crippen molar-refractivity contribution >= 4 is 28.5 Å². The zero-order chi connectivity index (χ0) is 20.4. The lowest BCUT2D eigenvalue weighted by Gasteiger charge is -2.17. The van der Waals surface area contributed by atoms with Crippen LogP contribution in [0.1, 0.15) is 40.3 Å². The van der Waals surface area contributed by atoms with Gasteiger partial charge in [-0.1, -0.05) is 53.6 Å². The largest absolute Gasteiger partial charge is 0.342 e. The number of hydrogen-bond acceptors (Lipinski definition) is 2. The van der Waals surface area contributed by atoms with Crippen molar-refractivity contribution in [1.82, 2.24) is 14.9 Å². The Kier molecular flexibility index (Phi) is 5.36. The van der Waals surface area contributed by atoms with E-state index >= 15 is 0 Å². The Hall–Kier alpha value is -3.11. The van der Waals surface area contributed by atoms with Crippen LogP contribution in [0.3, 0.4) is 0 Å². The van der Waals surface area contributed by atoms with Gasteiger partial charge in [0.15, 0.2) is 0 Å². The number of rotatable bonds is 5. The number of para-hydroxylation sites is 2. The van der Waals surface area contributed by atoms with Crippen LogP contribution in [0.25, 0.3) is 11.0 Å². The maximum Gasteiger partial charge on any atom is 0.251 e. The molecule has 146 valence electrons. The Labute approximate surface area is 175 Å². The highest BCUT2D eigenvalue weighted by Crippen LogP contribution is 2.23. The fourth-order valence-corrected chi connectivity index (χ4v) is 3.62. The predicted octanol–water partition coefficient (Wildman–Crippen LogP) is 5.54. The van der Waals surface area contributed by atoms with Gasteiger partial charge in [-0.15, -0.1) is 0 Å². The molecule has 5 heteroatoms. The number of nitrogens with one attached hydrogen (secondary N) is 1. The third-order valence-corrected chi connectivity index (χ3v) is 5.21. The quantitative estimate of drug-likeness (QED) is 0.475. The molecule has 1 atom stereocenters. The monoisotopic (exact) mass is 403 g/mol. The van der Waals surface area contributed by atoms with E-state index < -0.39 is 0 Å². The van der Waals surface area contributed by atoms with Gasteiger partial charge in [0.25, 0.3) is 5.91 Å². The summed E-state index contributed by atoms with van der Waals surface area (Å²) in [6.45, 7) is 4.59. The summed E-state index contributed by atoms with van der Waals surface area (Å²) < 4.78 is 2.15. The zero-order valence-corrected chi connectivity index (χ0v) is 17.1. The number of aryl methyl sites for hydroxylation is 1. The normalized spacial score (nSPS) is 12.1. The Balaban J connectivity index is 1.67. The average Bonchev–Trinajstić information content (AvgIpc) is 3.08. The van der Waals surface area contributed by atoms with Crippen LogP contribution in [0.5, 0.6) is 0 Å².